The summed E-state index contributed by atoms with van der Waals surface area (Å²) in [6, 6.07) is 0. The second kappa shape index (κ2) is 32.7. The van der Waals surface area contributed by atoms with E-state index in [2.05, 4.69) is 34.5 Å². The zero-order chi connectivity index (χ0) is 38.0. The summed E-state index contributed by atoms with van der Waals surface area (Å²) in [7, 11) is -0.850. The number of rotatable bonds is 33. The number of methoxy groups -OCH3 is 2. The first kappa shape index (κ1) is 47.8. The second-order valence-corrected chi connectivity index (χ2v) is 11.1. The van der Waals surface area contributed by atoms with Crippen LogP contribution in [0.25, 0.3) is 0 Å². The summed E-state index contributed by atoms with van der Waals surface area (Å²) in [6.07, 6.45) is -1.08. The van der Waals surface area contributed by atoms with Crippen LogP contribution in [-0.4, -0.2) is 181 Å². The van der Waals surface area contributed by atoms with E-state index < -0.39 is 31.9 Å². The van der Waals surface area contributed by atoms with E-state index in [0.717, 1.165) is 7.11 Å². The molecule has 0 aromatic heterocycles. The Morgan fingerprint density at radius 2 is 1.00 bits per heavy atom. The van der Waals surface area contributed by atoms with Crippen molar-refractivity contribution in [3.8, 4) is 0 Å². The molecule has 298 valence electrons. The van der Waals surface area contributed by atoms with Crippen molar-refractivity contribution in [2.75, 3.05) is 146 Å². The third-order valence-electron chi connectivity index (χ3n) is 5.85. The molecule has 1 atom stereocenters. The summed E-state index contributed by atoms with van der Waals surface area (Å²) in [5.41, 5.74) is 0. The molecule has 0 aliphatic rings. The zero-order valence-corrected chi connectivity index (χ0v) is 30.3. The fourth-order valence-electron chi connectivity index (χ4n) is 3.32. The molecule has 1 unspecified atom stereocenters. The second-order valence-electron chi connectivity index (χ2n) is 9.62. The smallest absolute Gasteiger partial charge is 0.406 e. The van der Waals surface area contributed by atoms with Gasteiger partial charge in [0.25, 0.3) is 7.82 Å². The first-order valence-corrected chi connectivity index (χ1v) is 17.3. The molecule has 0 aromatic carbocycles. The molecular formula is C28H52N4O18P-. The molecule has 0 heterocycles. The van der Waals surface area contributed by atoms with E-state index in [0.29, 0.717) is 0 Å². The van der Waals surface area contributed by atoms with Crippen molar-refractivity contribution < 1.29 is 85.1 Å². The van der Waals surface area contributed by atoms with Crippen LogP contribution in [0.15, 0.2) is 0 Å². The molecule has 0 radical (unpaired) electrons. The average molecular weight is 764 g/mol. The Labute approximate surface area is 296 Å². The van der Waals surface area contributed by atoms with Crippen molar-refractivity contribution in [1.82, 2.24) is 20.9 Å². The SMILES string of the molecule is COC(=O)NCCOCCOCC(=O)OCCN(CCOC(=O)COCCOCCNC(=O)OC)CCC(=O)NCCOCCOP(=O)([O-])OC. The van der Waals surface area contributed by atoms with Gasteiger partial charge in [0.2, 0.25) is 5.91 Å². The maximum absolute atomic E-state index is 12.3. The Bertz CT molecular complexity index is 961. The van der Waals surface area contributed by atoms with Gasteiger partial charge in [-0.1, -0.05) is 0 Å². The lowest BCUT2D eigenvalue weighted by Gasteiger charge is -2.22. The van der Waals surface area contributed by atoms with E-state index in [4.69, 9.17) is 33.2 Å². The normalized spacial score (nSPS) is 12.1. The predicted octanol–water partition coefficient (Wildman–Crippen LogP) is -2.19. The highest BCUT2D eigenvalue weighted by molar-refractivity contribution is 7.45. The number of carbonyl (C=O) groups is 5. The van der Waals surface area contributed by atoms with Crippen molar-refractivity contribution in [3.05, 3.63) is 0 Å². The van der Waals surface area contributed by atoms with E-state index in [-0.39, 0.29) is 137 Å². The third-order valence-corrected chi connectivity index (χ3v) is 6.80. The van der Waals surface area contributed by atoms with Crippen LogP contribution >= 0.6 is 7.82 Å². The summed E-state index contributed by atoms with van der Waals surface area (Å²) in [5, 5.41) is 7.56. The number of nitrogens with zero attached hydrogens (tertiary/aromatic N) is 1. The quantitative estimate of drug-likeness (QED) is 0.0277. The van der Waals surface area contributed by atoms with Gasteiger partial charge in [0.05, 0.1) is 73.7 Å². The van der Waals surface area contributed by atoms with Crippen LogP contribution in [0, 0.1) is 0 Å². The van der Waals surface area contributed by atoms with Crippen LogP contribution in [0.2, 0.25) is 0 Å². The lowest BCUT2D eigenvalue weighted by Crippen LogP contribution is -2.36. The molecular weight excluding hydrogens is 711 g/mol. The van der Waals surface area contributed by atoms with E-state index in [1.165, 1.54) is 14.2 Å². The van der Waals surface area contributed by atoms with Crippen molar-refractivity contribution in [1.29, 1.82) is 0 Å². The highest BCUT2D eigenvalue weighted by Crippen LogP contribution is 2.36. The van der Waals surface area contributed by atoms with Gasteiger partial charge in [-0.15, -0.1) is 0 Å². The molecule has 0 aliphatic carbocycles. The molecule has 0 spiro atoms. The van der Waals surface area contributed by atoms with Crippen LogP contribution in [0.4, 0.5) is 9.59 Å². The number of phosphoric acid groups is 1. The molecule has 23 heteroatoms. The molecule has 3 amide bonds. The van der Waals surface area contributed by atoms with Gasteiger partial charge in [-0.05, 0) is 0 Å². The van der Waals surface area contributed by atoms with Crippen molar-refractivity contribution in [3.63, 3.8) is 0 Å². The summed E-state index contributed by atoms with van der Waals surface area (Å²) in [6.45, 7) is 1.65. The molecule has 0 saturated heterocycles. The third kappa shape index (κ3) is 32.5. The number of ether oxygens (including phenoxy) is 9. The van der Waals surface area contributed by atoms with Crippen LogP contribution in [0.5, 0.6) is 0 Å². The lowest BCUT2D eigenvalue weighted by molar-refractivity contribution is -0.223. The minimum Gasteiger partial charge on any atom is -0.756 e. The number of carbonyl (C=O) groups excluding carboxylic acids is 5. The molecule has 0 aliphatic heterocycles. The standard InChI is InChI=1S/C28H53N4O18P/c1-40-27(36)30-6-12-43-16-18-46-22-25(34)48-14-9-32(8-4-24(33)29-5-11-45-20-21-50-51(38,39)42-3)10-15-49-26(35)23-47-19-17-44-13-7-31-28(37)41-2/h4-23H2,1-3H3,(H,29,33)(H,30,36)(H,31,37)(H,38,39)/p-1. The summed E-state index contributed by atoms with van der Waals surface area (Å²) >= 11 is 0. The Morgan fingerprint density at radius 1 is 0.569 bits per heavy atom. The van der Waals surface area contributed by atoms with Gasteiger partial charge in [-0.2, -0.15) is 0 Å². The summed E-state index contributed by atoms with van der Waals surface area (Å²) in [4.78, 5) is 71.2. The van der Waals surface area contributed by atoms with E-state index in [1.807, 2.05) is 0 Å². The number of nitrogens with one attached hydrogen (secondary N) is 3. The van der Waals surface area contributed by atoms with Crippen LogP contribution < -0.4 is 20.8 Å². The molecule has 0 saturated carbocycles. The molecule has 0 bridgehead atoms. The number of phosphoric ester groups is 1. The first-order chi connectivity index (χ1) is 24.5. The summed E-state index contributed by atoms with van der Waals surface area (Å²) < 4.78 is 65.2. The first-order valence-electron chi connectivity index (χ1n) is 15.9. The van der Waals surface area contributed by atoms with E-state index >= 15 is 0 Å². The van der Waals surface area contributed by atoms with Crippen LogP contribution in [-0.2, 0) is 70.6 Å². The Kier molecular flexibility index (Phi) is 30.7. The largest absolute Gasteiger partial charge is 0.756 e. The van der Waals surface area contributed by atoms with Crippen LogP contribution in [0.3, 0.4) is 0 Å². The van der Waals surface area contributed by atoms with Crippen LogP contribution in [0.1, 0.15) is 6.42 Å². The lowest BCUT2D eigenvalue weighted by atomic mass is 10.3. The van der Waals surface area contributed by atoms with Gasteiger partial charge in [0, 0.05) is 52.8 Å². The van der Waals surface area contributed by atoms with Gasteiger partial charge in [0.1, 0.15) is 26.4 Å². The molecule has 0 aromatic rings. The monoisotopic (exact) mass is 763 g/mol. The van der Waals surface area contributed by atoms with Gasteiger partial charge in [-0.25, -0.2) is 19.2 Å². The summed E-state index contributed by atoms with van der Waals surface area (Å²) in [5.74, 6) is -1.53. The maximum Gasteiger partial charge on any atom is 0.406 e. The molecule has 51 heavy (non-hydrogen) atoms. The van der Waals surface area contributed by atoms with E-state index in [1.54, 1.807) is 4.90 Å². The van der Waals surface area contributed by atoms with Gasteiger partial charge >= 0.3 is 24.1 Å². The van der Waals surface area contributed by atoms with E-state index in [9.17, 15) is 33.4 Å². The Hall–Kier alpha value is -3.18. The molecule has 0 rings (SSSR count). The average Bonchev–Trinajstić information content (AvgIpc) is 3.11. The predicted molar refractivity (Wildman–Crippen MR) is 171 cm³/mol. The van der Waals surface area contributed by atoms with Crippen molar-refractivity contribution >= 4 is 37.9 Å². The van der Waals surface area contributed by atoms with Gasteiger partial charge in [0.15, 0.2) is 0 Å². The number of esters is 2. The zero-order valence-electron chi connectivity index (χ0n) is 29.4. The highest BCUT2D eigenvalue weighted by atomic mass is 31.2. The van der Waals surface area contributed by atoms with Crippen molar-refractivity contribution in [2.45, 2.75) is 6.42 Å². The minimum absolute atomic E-state index is 0.0268. The Balaban J connectivity index is 4.41. The number of alkyl carbamates (subject to hydrolysis) is 2. The van der Waals surface area contributed by atoms with Gasteiger partial charge in [-0.3, -0.25) is 14.3 Å². The molecule has 22 nitrogen and oxygen atoms in total. The number of hydrogen-bond acceptors (Lipinski definition) is 19. The van der Waals surface area contributed by atoms with Gasteiger partial charge < -0.3 is 72.5 Å². The molecule has 3 N–H and O–H groups in total. The highest BCUT2D eigenvalue weighted by Gasteiger charge is 2.12. The topological polar surface area (TPSA) is 266 Å². The number of amides is 3. The number of hydrogen-bond donors (Lipinski definition) is 3. The Morgan fingerprint density at radius 3 is 1.45 bits per heavy atom. The maximum atomic E-state index is 12.3. The minimum atomic E-state index is -4.33. The molecule has 0 fully saturated rings. The van der Waals surface area contributed by atoms with Crippen molar-refractivity contribution in [2.24, 2.45) is 0 Å². The fourth-order valence-corrected chi connectivity index (χ4v) is 3.72. The fraction of sp³-hybridized carbons (Fsp3) is 0.821.